The van der Waals surface area contributed by atoms with E-state index in [0.717, 1.165) is 30.6 Å². The van der Waals surface area contributed by atoms with Gasteiger partial charge in [-0.1, -0.05) is 27.2 Å². The van der Waals surface area contributed by atoms with Gasteiger partial charge < -0.3 is 0 Å². The highest BCUT2D eigenvalue weighted by atomic mass is 19.3. The van der Waals surface area contributed by atoms with Crippen molar-refractivity contribution in [2.45, 2.75) is 52.9 Å². The lowest BCUT2D eigenvalue weighted by Gasteiger charge is -2.14. The number of hydrogen-bond donors (Lipinski definition) is 0. The third-order valence-electron chi connectivity index (χ3n) is 3.56. The Kier molecular flexibility index (Phi) is 4.33. The van der Waals surface area contributed by atoms with Gasteiger partial charge in [0.1, 0.15) is 0 Å². The minimum Gasteiger partial charge on any atom is -0.211 e. The van der Waals surface area contributed by atoms with Crippen molar-refractivity contribution < 1.29 is 8.78 Å². The molecule has 0 saturated heterocycles. The zero-order valence-corrected chi connectivity index (χ0v) is 9.47. The van der Waals surface area contributed by atoms with Gasteiger partial charge in [0.2, 0.25) is 6.43 Å². The summed E-state index contributed by atoms with van der Waals surface area (Å²) in [6, 6.07) is 0. The van der Waals surface area contributed by atoms with Crippen LogP contribution in [0.4, 0.5) is 8.78 Å². The average molecular weight is 204 g/mol. The summed E-state index contributed by atoms with van der Waals surface area (Å²) in [5, 5.41) is 0. The molecule has 84 valence electrons. The molecule has 14 heavy (non-hydrogen) atoms. The van der Waals surface area contributed by atoms with Gasteiger partial charge in [0.15, 0.2) is 0 Å². The molecule has 3 unspecified atom stereocenters. The lowest BCUT2D eigenvalue weighted by Crippen LogP contribution is -2.07. The summed E-state index contributed by atoms with van der Waals surface area (Å²) in [4.78, 5) is 0. The summed E-state index contributed by atoms with van der Waals surface area (Å²) in [7, 11) is 0. The molecule has 1 aliphatic rings. The molecular formula is C12H22F2. The Hall–Kier alpha value is -0.140. The maximum atomic E-state index is 12.2. The number of alkyl halides is 2. The molecule has 1 saturated carbocycles. The molecule has 0 spiro atoms. The van der Waals surface area contributed by atoms with E-state index in [1.165, 1.54) is 6.42 Å². The van der Waals surface area contributed by atoms with Crippen LogP contribution in [-0.4, -0.2) is 6.43 Å². The first-order valence-corrected chi connectivity index (χ1v) is 5.82. The SMILES string of the molecule is CCC(CC(F)F)CC1CC1C(C)C. The fourth-order valence-electron chi connectivity index (χ4n) is 2.47. The van der Waals surface area contributed by atoms with Gasteiger partial charge in [0, 0.05) is 6.42 Å². The Morgan fingerprint density at radius 3 is 2.29 bits per heavy atom. The van der Waals surface area contributed by atoms with Crippen LogP contribution < -0.4 is 0 Å². The van der Waals surface area contributed by atoms with Crippen molar-refractivity contribution in [1.82, 2.24) is 0 Å². The van der Waals surface area contributed by atoms with Crippen LogP contribution in [-0.2, 0) is 0 Å². The van der Waals surface area contributed by atoms with Crippen LogP contribution in [0.3, 0.4) is 0 Å². The van der Waals surface area contributed by atoms with E-state index in [2.05, 4.69) is 13.8 Å². The lowest BCUT2D eigenvalue weighted by atomic mass is 9.94. The largest absolute Gasteiger partial charge is 0.238 e. The van der Waals surface area contributed by atoms with Crippen molar-refractivity contribution >= 4 is 0 Å². The number of halogens is 2. The predicted octanol–water partition coefficient (Wildman–Crippen LogP) is 4.35. The van der Waals surface area contributed by atoms with Crippen LogP contribution >= 0.6 is 0 Å². The quantitative estimate of drug-likeness (QED) is 0.603. The van der Waals surface area contributed by atoms with E-state index in [0.29, 0.717) is 0 Å². The van der Waals surface area contributed by atoms with Crippen LogP contribution in [0.5, 0.6) is 0 Å². The van der Waals surface area contributed by atoms with Gasteiger partial charge in [0.25, 0.3) is 0 Å². The molecule has 0 nitrogen and oxygen atoms in total. The van der Waals surface area contributed by atoms with E-state index in [-0.39, 0.29) is 12.3 Å². The molecule has 1 rings (SSSR count). The van der Waals surface area contributed by atoms with Gasteiger partial charge in [0.05, 0.1) is 0 Å². The van der Waals surface area contributed by atoms with E-state index in [9.17, 15) is 8.78 Å². The van der Waals surface area contributed by atoms with E-state index >= 15 is 0 Å². The second-order valence-electron chi connectivity index (χ2n) is 5.04. The van der Waals surface area contributed by atoms with Gasteiger partial charge in [-0.3, -0.25) is 0 Å². The molecule has 2 heteroatoms. The second-order valence-corrected chi connectivity index (χ2v) is 5.04. The van der Waals surface area contributed by atoms with Crippen LogP contribution in [0.25, 0.3) is 0 Å². The summed E-state index contributed by atoms with van der Waals surface area (Å²) in [6.45, 7) is 6.50. The minimum atomic E-state index is -2.11. The molecule has 0 N–H and O–H groups in total. The van der Waals surface area contributed by atoms with E-state index in [4.69, 9.17) is 0 Å². The first-order valence-electron chi connectivity index (χ1n) is 5.82. The second kappa shape index (κ2) is 5.09. The Morgan fingerprint density at radius 1 is 1.29 bits per heavy atom. The summed E-state index contributed by atoms with van der Waals surface area (Å²) in [5.74, 6) is 2.56. The van der Waals surface area contributed by atoms with E-state index < -0.39 is 6.43 Å². The maximum Gasteiger partial charge on any atom is 0.238 e. The molecule has 0 amide bonds. The molecule has 0 aromatic carbocycles. The fraction of sp³-hybridized carbons (Fsp3) is 1.00. The van der Waals surface area contributed by atoms with Gasteiger partial charge in [-0.15, -0.1) is 0 Å². The standard InChI is InChI=1S/C12H22F2/c1-4-9(6-12(13)14)5-10-7-11(10)8(2)3/h8-12H,4-7H2,1-3H3. The molecule has 0 heterocycles. The summed E-state index contributed by atoms with van der Waals surface area (Å²) < 4.78 is 24.4. The average Bonchev–Trinajstić information content (AvgIpc) is 2.81. The smallest absolute Gasteiger partial charge is 0.211 e. The molecule has 3 atom stereocenters. The van der Waals surface area contributed by atoms with Crippen molar-refractivity contribution in [3.8, 4) is 0 Å². The minimum absolute atomic E-state index is 0.109. The van der Waals surface area contributed by atoms with Crippen molar-refractivity contribution in [3.05, 3.63) is 0 Å². The first-order chi connectivity index (χ1) is 6.54. The molecular weight excluding hydrogens is 182 g/mol. The Bertz CT molecular complexity index is 166. The normalized spacial score (nSPS) is 28.5. The molecule has 1 fully saturated rings. The topological polar surface area (TPSA) is 0 Å². The van der Waals surface area contributed by atoms with Crippen LogP contribution in [0.15, 0.2) is 0 Å². The Balaban J connectivity index is 2.22. The highest BCUT2D eigenvalue weighted by Crippen LogP contribution is 2.48. The predicted molar refractivity (Wildman–Crippen MR) is 55.5 cm³/mol. The van der Waals surface area contributed by atoms with Gasteiger partial charge >= 0.3 is 0 Å². The van der Waals surface area contributed by atoms with Gasteiger partial charge in [-0.25, -0.2) is 8.78 Å². The Labute approximate surface area is 86.1 Å². The molecule has 0 aliphatic heterocycles. The van der Waals surface area contributed by atoms with Crippen LogP contribution in [0.1, 0.15) is 46.5 Å². The lowest BCUT2D eigenvalue weighted by molar-refractivity contribution is 0.109. The summed E-state index contributed by atoms with van der Waals surface area (Å²) in [5.41, 5.74) is 0. The van der Waals surface area contributed by atoms with Crippen molar-refractivity contribution in [1.29, 1.82) is 0 Å². The summed E-state index contributed by atoms with van der Waals surface area (Å²) >= 11 is 0. The summed E-state index contributed by atoms with van der Waals surface area (Å²) in [6.07, 6.45) is 1.21. The zero-order chi connectivity index (χ0) is 10.7. The van der Waals surface area contributed by atoms with Crippen LogP contribution in [0.2, 0.25) is 0 Å². The zero-order valence-electron chi connectivity index (χ0n) is 9.47. The number of hydrogen-bond acceptors (Lipinski definition) is 0. The maximum absolute atomic E-state index is 12.2. The highest BCUT2D eigenvalue weighted by Gasteiger charge is 2.40. The molecule has 0 bridgehead atoms. The third-order valence-corrected chi connectivity index (χ3v) is 3.56. The molecule has 0 aromatic rings. The molecule has 0 radical (unpaired) electrons. The highest BCUT2D eigenvalue weighted by molar-refractivity contribution is 4.89. The van der Waals surface area contributed by atoms with Gasteiger partial charge in [-0.05, 0) is 36.5 Å². The van der Waals surface area contributed by atoms with Gasteiger partial charge in [-0.2, -0.15) is 0 Å². The van der Waals surface area contributed by atoms with Crippen molar-refractivity contribution in [2.75, 3.05) is 0 Å². The fourth-order valence-corrected chi connectivity index (χ4v) is 2.47. The molecule has 1 aliphatic carbocycles. The van der Waals surface area contributed by atoms with E-state index in [1.807, 2.05) is 6.92 Å². The van der Waals surface area contributed by atoms with Crippen LogP contribution in [0, 0.1) is 23.7 Å². The Morgan fingerprint density at radius 2 is 1.93 bits per heavy atom. The first kappa shape index (κ1) is 11.9. The van der Waals surface area contributed by atoms with Crippen molar-refractivity contribution in [3.63, 3.8) is 0 Å². The van der Waals surface area contributed by atoms with Crippen molar-refractivity contribution in [2.24, 2.45) is 23.7 Å². The molecule has 0 aromatic heterocycles. The third kappa shape index (κ3) is 3.55. The number of rotatable bonds is 6. The van der Waals surface area contributed by atoms with E-state index in [1.54, 1.807) is 0 Å². The monoisotopic (exact) mass is 204 g/mol.